The molecule has 1 aromatic carbocycles. The standard InChI is InChI=1S/C13H16N4/c1-2-4-11(5-3-1)13-10-17(16-15-13)12-6-8-14-9-7-12/h1-5,10,12,14H,6-9H2. The van der Waals surface area contributed by atoms with Crippen molar-refractivity contribution in [3.8, 4) is 11.3 Å². The molecule has 17 heavy (non-hydrogen) atoms. The third-order valence-corrected chi connectivity index (χ3v) is 3.26. The Bertz CT molecular complexity index is 471. The van der Waals surface area contributed by atoms with Gasteiger partial charge in [-0.2, -0.15) is 0 Å². The van der Waals surface area contributed by atoms with Crippen molar-refractivity contribution < 1.29 is 0 Å². The molecule has 88 valence electrons. The maximum Gasteiger partial charge on any atom is 0.113 e. The Hall–Kier alpha value is -1.68. The lowest BCUT2D eigenvalue weighted by molar-refractivity contribution is 0.337. The molecule has 1 saturated heterocycles. The molecule has 1 aliphatic heterocycles. The highest BCUT2D eigenvalue weighted by Gasteiger charge is 2.16. The van der Waals surface area contributed by atoms with Crippen molar-refractivity contribution in [3.05, 3.63) is 36.5 Å². The van der Waals surface area contributed by atoms with Crippen molar-refractivity contribution in [1.29, 1.82) is 0 Å². The summed E-state index contributed by atoms with van der Waals surface area (Å²) in [7, 11) is 0. The van der Waals surface area contributed by atoms with Crippen LogP contribution in [-0.4, -0.2) is 28.1 Å². The second-order valence-corrected chi connectivity index (χ2v) is 4.43. The van der Waals surface area contributed by atoms with Crippen LogP contribution in [0, 0.1) is 0 Å². The fourth-order valence-electron chi connectivity index (χ4n) is 2.27. The molecule has 0 atom stereocenters. The van der Waals surface area contributed by atoms with E-state index in [9.17, 15) is 0 Å². The summed E-state index contributed by atoms with van der Waals surface area (Å²) in [5.41, 5.74) is 2.09. The highest BCUT2D eigenvalue weighted by Crippen LogP contribution is 2.21. The third kappa shape index (κ3) is 2.22. The van der Waals surface area contributed by atoms with E-state index in [-0.39, 0.29) is 0 Å². The van der Waals surface area contributed by atoms with Crippen LogP contribution in [0.25, 0.3) is 11.3 Å². The van der Waals surface area contributed by atoms with E-state index in [0.29, 0.717) is 6.04 Å². The first-order valence-corrected chi connectivity index (χ1v) is 6.11. The summed E-state index contributed by atoms with van der Waals surface area (Å²) < 4.78 is 2.02. The third-order valence-electron chi connectivity index (χ3n) is 3.26. The van der Waals surface area contributed by atoms with E-state index >= 15 is 0 Å². The fourth-order valence-corrected chi connectivity index (χ4v) is 2.27. The number of nitrogens with one attached hydrogen (secondary N) is 1. The molecule has 0 unspecified atom stereocenters. The van der Waals surface area contributed by atoms with Crippen molar-refractivity contribution in [2.75, 3.05) is 13.1 Å². The lowest BCUT2D eigenvalue weighted by Crippen LogP contribution is -2.29. The van der Waals surface area contributed by atoms with E-state index in [1.165, 1.54) is 0 Å². The Kier molecular flexibility index (Phi) is 2.88. The first-order chi connectivity index (χ1) is 8.43. The van der Waals surface area contributed by atoms with Crippen LogP contribution in [0.4, 0.5) is 0 Å². The average molecular weight is 228 g/mol. The number of nitrogens with zero attached hydrogens (tertiary/aromatic N) is 3. The lowest BCUT2D eigenvalue weighted by Gasteiger charge is -2.22. The van der Waals surface area contributed by atoms with Gasteiger partial charge in [0.15, 0.2) is 0 Å². The number of hydrogen-bond acceptors (Lipinski definition) is 3. The van der Waals surface area contributed by atoms with Gasteiger partial charge in [-0.05, 0) is 25.9 Å². The SMILES string of the molecule is c1ccc(-c2cn(C3CCNCC3)nn2)cc1. The van der Waals surface area contributed by atoms with Crippen molar-refractivity contribution in [2.45, 2.75) is 18.9 Å². The molecule has 1 aromatic heterocycles. The predicted molar refractivity (Wildman–Crippen MR) is 66.6 cm³/mol. The van der Waals surface area contributed by atoms with Crippen LogP contribution in [0.1, 0.15) is 18.9 Å². The Morgan fingerprint density at radius 1 is 1.12 bits per heavy atom. The van der Waals surface area contributed by atoms with Crippen LogP contribution in [0.5, 0.6) is 0 Å². The van der Waals surface area contributed by atoms with Gasteiger partial charge in [0.25, 0.3) is 0 Å². The highest BCUT2D eigenvalue weighted by molar-refractivity contribution is 5.57. The zero-order valence-electron chi connectivity index (χ0n) is 9.71. The van der Waals surface area contributed by atoms with Crippen molar-refractivity contribution in [1.82, 2.24) is 20.3 Å². The van der Waals surface area contributed by atoms with Crippen LogP contribution < -0.4 is 5.32 Å². The van der Waals surface area contributed by atoms with Gasteiger partial charge < -0.3 is 5.32 Å². The van der Waals surface area contributed by atoms with Gasteiger partial charge in [-0.25, -0.2) is 4.68 Å². The van der Waals surface area contributed by atoms with Crippen LogP contribution in [0.3, 0.4) is 0 Å². The summed E-state index contributed by atoms with van der Waals surface area (Å²) in [6.45, 7) is 2.15. The molecule has 1 fully saturated rings. The second-order valence-electron chi connectivity index (χ2n) is 4.43. The van der Waals surface area contributed by atoms with E-state index in [2.05, 4.69) is 34.0 Å². The van der Waals surface area contributed by atoms with Gasteiger partial charge in [0, 0.05) is 5.56 Å². The Labute approximate surface area is 101 Å². The van der Waals surface area contributed by atoms with E-state index < -0.39 is 0 Å². The Morgan fingerprint density at radius 3 is 2.65 bits per heavy atom. The number of benzene rings is 1. The molecule has 4 heteroatoms. The Morgan fingerprint density at radius 2 is 1.88 bits per heavy atom. The van der Waals surface area contributed by atoms with Gasteiger partial charge >= 0.3 is 0 Å². The molecular formula is C13H16N4. The smallest absolute Gasteiger partial charge is 0.113 e. The summed E-state index contributed by atoms with van der Waals surface area (Å²) in [6.07, 6.45) is 4.33. The minimum atomic E-state index is 0.501. The quantitative estimate of drug-likeness (QED) is 0.853. The number of rotatable bonds is 2. The topological polar surface area (TPSA) is 42.7 Å². The minimum absolute atomic E-state index is 0.501. The first kappa shape index (κ1) is 10.5. The summed E-state index contributed by atoms with van der Waals surface area (Å²) in [4.78, 5) is 0. The van der Waals surface area contributed by atoms with Gasteiger partial charge in [-0.1, -0.05) is 35.5 Å². The molecule has 0 spiro atoms. The highest BCUT2D eigenvalue weighted by atomic mass is 15.4. The second kappa shape index (κ2) is 4.67. The number of piperidine rings is 1. The van der Waals surface area contributed by atoms with Crippen LogP contribution >= 0.6 is 0 Å². The lowest BCUT2D eigenvalue weighted by atomic mass is 10.1. The minimum Gasteiger partial charge on any atom is -0.317 e. The molecule has 0 amide bonds. The van der Waals surface area contributed by atoms with Crippen molar-refractivity contribution in [3.63, 3.8) is 0 Å². The van der Waals surface area contributed by atoms with E-state index in [0.717, 1.165) is 37.2 Å². The Balaban J connectivity index is 1.83. The largest absolute Gasteiger partial charge is 0.317 e. The fraction of sp³-hybridized carbons (Fsp3) is 0.385. The van der Waals surface area contributed by atoms with E-state index in [4.69, 9.17) is 0 Å². The zero-order chi connectivity index (χ0) is 11.5. The molecule has 1 N–H and O–H groups in total. The maximum absolute atomic E-state index is 4.26. The summed E-state index contributed by atoms with van der Waals surface area (Å²) in [5, 5.41) is 11.9. The van der Waals surface area contributed by atoms with Gasteiger partial charge in [0.2, 0.25) is 0 Å². The van der Waals surface area contributed by atoms with Gasteiger partial charge in [-0.15, -0.1) is 5.10 Å². The summed E-state index contributed by atoms with van der Waals surface area (Å²) >= 11 is 0. The summed E-state index contributed by atoms with van der Waals surface area (Å²) in [5.74, 6) is 0. The molecule has 2 aromatic rings. The molecule has 2 heterocycles. The first-order valence-electron chi connectivity index (χ1n) is 6.11. The van der Waals surface area contributed by atoms with Crippen LogP contribution in [0.2, 0.25) is 0 Å². The maximum atomic E-state index is 4.26. The molecule has 3 rings (SSSR count). The normalized spacial score (nSPS) is 17.2. The molecule has 0 saturated carbocycles. The van der Waals surface area contributed by atoms with Gasteiger partial charge in [-0.3, -0.25) is 0 Å². The molecule has 1 aliphatic rings. The average Bonchev–Trinajstić information content (AvgIpc) is 2.90. The number of hydrogen-bond donors (Lipinski definition) is 1. The molecule has 0 radical (unpaired) electrons. The molecule has 4 nitrogen and oxygen atoms in total. The predicted octanol–water partition coefficient (Wildman–Crippen LogP) is 1.87. The monoisotopic (exact) mass is 228 g/mol. The van der Waals surface area contributed by atoms with Crippen molar-refractivity contribution in [2.24, 2.45) is 0 Å². The van der Waals surface area contributed by atoms with Gasteiger partial charge in [0.1, 0.15) is 5.69 Å². The number of aromatic nitrogens is 3. The van der Waals surface area contributed by atoms with Crippen molar-refractivity contribution >= 4 is 0 Å². The molecule has 0 bridgehead atoms. The van der Waals surface area contributed by atoms with Crippen LogP contribution in [0.15, 0.2) is 36.5 Å². The van der Waals surface area contributed by atoms with Gasteiger partial charge in [0.05, 0.1) is 12.2 Å². The van der Waals surface area contributed by atoms with E-state index in [1.54, 1.807) is 0 Å². The molecule has 0 aliphatic carbocycles. The zero-order valence-corrected chi connectivity index (χ0v) is 9.71. The molecular weight excluding hydrogens is 212 g/mol. The van der Waals surface area contributed by atoms with Crippen LogP contribution in [-0.2, 0) is 0 Å². The summed E-state index contributed by atoms with van der Waals surface area (Å²) in [6, 6.07) is 10.7. The van der Waals surface area contributed by atoms with E-state index in [1.807, 2.05) is 22.9 Å².